The quantitative estimate of drug-likeness (QED) is 0.761. The minimum absolute atomic E-state index is 0.0208. The second kappa shape index (κ2) is 12.2. The molecule has 0 rings (SSSR count). The zero-order valence-electron chi connectivity index (χ0n) is 12.5. The smallest absolute Gasteiger partial charge is 0.305 e. The highest BCUT2D eigenvalue weighted by molar-refractivity contribution is 4.77. The average Bonchev–Trinajstić information content (AvgIpc) is 2.29. The highest BCUT2D eigenvalue weighted by Crippen LogP contribution is 2.23. The highest BCUT2D eigenvalue weighted by atomic mass is 19.4. The van der Waals surface area contributed by atoms with Crippen molar-refractivity contribution >= 4 is 0 Å². The Labute approximate surface area is 105 Å². The second-order valence-corrected chi connectivity index (χ2v) is 3.38. The van der Waals surface area contributed by atoms with Gasteiger partial charge < -0.3 is 4.90 Å². The van der Waals surface area contributed by atoms with Crippen molar-refractivity contribution in [3.8, 4) is 0 Å². The number of halogens is 3. The number of hydrogen-bond donors (Lipinski definition) is 0. The van der Waals surface area contributed by atoms with Gasteiger partial charge in [-0.3, -0.25) is 4.90 Å². The van der Waals surface area contributed by atoms with Crippen LogP contribution < -0.4 is 0 Å². The molecule has 1 unspecified atom stereocenters. The molecule has 17 heavy (non-hydrogen) atoms. The van der Waals surface area contributed by atoms with Crippen LogP contribution in [0.2, 0.25) is 0 Å². The van der Waals surface area contributed by atoms with E-state index < -0.39 is 12.2 Å². The number of alkyl halides is 3. The van der Waals surface area contributed by atoms with Gasteiger partial charge in [0.1, 0.15) is 6.04 Å². The first-order valence-electron chi connectivity index (χ1n) is 6.20. The largest absolute Gasteiger partial charge is 0.405 e. The van der Waals surface area contributed by atoms with Crippen LogP contribution in [0, 0.1) is 0 Å². The molecule has 2 nitrogen and oxygen atoms in total. The van der Waals surface area contributed by atoms with Gasteiger partial charge in [-0.05, 0) is 27.7 Å². The third kappa shape index (κ3) is 12.0. The molecule has 0 fully saturated rings. The zero-order valence-corrected chi connectivity index (χ0v) is 12.5. The maximum atomic E-state index is 12.4. The van der Waals surface area contributed by atoms with E-state index in [1.54, 1.807) is 11.9 Å². The van der Waals surface area contributed by atoms with Crippen LogP contribution in [0.5, 0.6) is 0 Å². The van der Waals surface area contributed by atoms with Crippen molar-refractivity contribution in [2.45, 2.75) is 46.8 Å². The fraction of sp³-hybridized carbons (Fsp3) is 1.00. The summed E-state index contributed by atoms with van der Waals surface area (Å²) in [4.78, 5) is 2.85. The van der Waals surface area contributed by atoms with Crippen LogP contribution in [0.1, 0.15) is 34.6 Å². The third-order valence-electron chi connectivity index (χ3n) is 2.03. The van der Waals surface area contributed by atoms with Crippen molar-refractivity contribution in [1.29, 1.82) is 0 Å². The number of likely N-dealkylation sites (N-methyl/N-ethyl adjacent to an activating group) is 2. The molecule has 1 atom stereocenters. The van der Waals surface area contributed by atoms with Gasteiger partial charge in [0.15, 0.2) is 0 Å². The van der Waals surface area contributed by atoms with Crippen molar-refractivity contribution in [2.24, 2.45) is 0 Å². The van der Waals surface area contributed by atoms with Gasteiger partial charge in [-0.25, -0.2) is 0 Å². The van der Waals surface area contributed by atoms with E-state index in [9.17, 15) is 13.2 Å². The molecule has 0 amide bonds. The first kappa shape index (κ1) is 21.9. The molecule has 0 aromatic heterocycles. The monoisotopic (exact) mass is 258 g/mol. The Kier molecular flexibility index (Phi) is 15.7. The van der Waals surface area contributed by atoms with Gasteiger partial charge in [0.05, 0.1) is 0 Å². The molecular formula is C12H29F3N2. The molecule has 0 aliphatic carbocycles. The summed E-state index contributed by atoms with van der Waals surface area (Å²) in [5.41, 5.74) is 0. The lowest BCUT2D eigenvalue weighted by molar-refractivity contribution is -0.180. The van der Waals surface area contributed by atoms with Crippen LogP contribution in [0.15, 0.2) is 0 Å². The molecule has 0 aromatic carbocycles. The van der Waals surface area contributed by atoms with E-state index >= 15 is 0 Å². The Hall–Kier alpha value is -0.290. The van der Waals surface area contributed by atoms with Crippen molar-refractivity contribution in [1.82, 2.24) is 9.80 Å². The molecule has 0 saturated heterocycles. The van der Waals surface area contributed by atoms with Gasteiger partial charge in [-0.1, -0.05) is 34.6 Å². The highest BCUT2D eigenvalue weighted by Gasteiger charge is 2.41. The normalized spacial score (nSPS) is 12.5. The summed E-state index contributed by atoms with van der Waals surface area (Å²) in [5, 5.41) is 0. The summed E-state index contributed by atoms with van der Waals surface area (Å²) in [6.07, 6.45) is -4.15. The maximum absolute atomic E-state index is 12.4. The van der Waals surface area contributed by atoms with Crippen LogP contribution in [-0.4, -0.2) is 56.3 Å². The minimum Gasteiger partial charge on any atom is -0.305 e. The van der Waals surface area contributed by atoms with E-state index in [-0.39, 0.29) is 6.54 Å². The van der Waals surface area contributed by atoms with E-state index in [2.05, 4.69) is 0 Å². The molecule has 0 aromatic rings. The average molecular weight is 258 g/mol. The number of rotatable bonds is 4. The van der Waals surface area contributed by atoms with Crippen LogP contribution in [0.25, 0.3) is 0 Å². The lowest BCUT2D eigenvalue weighted by Gasteiger charge is -2.30. The molecule has 0 radical (unpaired) electrons. The van der Waals surface area contributed by atoms with Crippen molar-refractivity contribution in [2.75, 3.05) is 34.2 Å². The van der Waals surface area contributed by atoms with Gasteiger partial charge in [-0.15, -0.1) is 0 Å². The minimum atomic E-state index is -4.15. The SMILES string of the molecule is CC.CC.CCN(C)CC(N(C)C)C(F)(F)F. The van der Waals surface area contributed by atoms with Crippen molar-refractivity contribution in [3.05, 3.63) is 0 Å². The van der Waals surface area contributed by atoms with Crippen molar-refractivity contribution in [3.63, 3.8) is 0 Å². The summed E-state index contributed by atoms with van der Waals surface area (Å²) in [5.74, 6) is 0. The summed E-state index contributed by atoms with van der Waals surface area (Å²) < 4.78 is 37.2. The predicted octanol–water partition coefficient (Wildman–Crippen LogP) is 3.48. The molecule has 108 valence electrons. The lowest BCUT2D eigenvalue weighted by Crippen LogP contribution is -2.48. The number of hydrogen-bond acceptors (Lipinski definition) is 2. The van der Waals surface area contributed by atoms with Crippen molar-refractivity contribution < 1.29 is 13.2 Å². The van der Waals surface area contributed by atoms with E-state index in [1.165, 1.54) is 19.0 Å². The molecule has 0 aliphatic heterocycles. The molecule has 0 spiro atoms. The van der Waals surface area contributed by atoms with E-state index in [4.69, 9.17) is 0 Å². The molecule has 5 heteroatoms. The second-order valence-electron chi connectivity index (χ2n) is 3.38. The Morgan fingerprint density at radius 3 is 1.47 bits per heavy atom. The predicted molar refractivity (Wildman–Crippen MR) is 69.4 cm³/mol. The number of nitrogens with zero attached hydrogens (tertiary/aromatic N) is 2. The summed E-state index contributed by atoms with van der Waals surface area (Å²) in [6, 6.07) is -1.38. The Morgan fingerprint density at radius 2 is 1.29 bits per heavy atom. The van der Waals surface area contributed by atoms with Crippen LogP contribution in [-0.2, 0) is 0 Å². The van der Waals surface area contributed by atoms with E-state index in [0.717, 1.165) is 0 Å². The molecular weight excluding hydrogens is 229 g/mol. The van der Waals surface area contributed by atoms with Gasteiger partial charge in [-0.2, -0.15) is 13.2 Å². The molecule has 0 bridgehead atoms. The fourth-order valence-corrected chi connectivity index (χ4v) is 0.984. The topological polar surface area (TPSA) is 6.48 Å². The Morgan fingerprint density at radius 1 is 0.941 bits per heavy atom. The molecule has 0 aliphatic rings. The van der Waals surface area contributed by atoms with Gasteiger partial charge in [0, 0.05) is 6.54 Å². The van der Waals surface area contributed by atoms with Gasteiger partial charge >= 0.3 is 6.18 Å². The molecule has 0 saturated carbocycles. The lowest BCUT2D eigenvalue weighted by atomic mass is 10.2. The first-order valence-corrected chi connectivity index (χ1v) is 6.20. The zero-order chi connectivity index (χ0) is 14.6. The summed E-state index contributed by atoms with van der Waals surface area (Å²) in [7, 11) is 4.57. The van der Waals surface area contributed by atoms with Crippen LogP contribution >= 0.6 is 0 Å². The first-order chi connectivity index (χ1) is 7.79. The van der Waals surface area contributed by atoms with Crippen LogP contribution in [0.3, 0.4) is 0 Å². The fourth-order valence-electron chi connectivity index (χ4n) is 0.984. The Bertz CT molecular complexity index is 147. The van der Waals surface area contributed by atoms with Gasteiger partial charge in [0.25, 0.3) is 0 Å². The van der Waals surface area contributed by atoms with Gasteiger partial charge in [0.2, 0.25) is 0 Å². The third-order valence-corrected chi connectivity index (χ3v) is 2.03. The molecule has 0 N–H and O–H groups in total. The Balaban J connectivity index is -0.000000439. The maximum Gasteiger partial charge on any atom is 0.405 e. The summed E-state index contributed by atoms with van der Waals surface area (Å²) in [6.45, 7) is 10.5. The standard InChI is InChI=1S/C8H17F3N2.2C2H6/c1-5-13(4)6-7(12(2)3)8(9,10)11;2*1-2/h7H,5-6H2,1-4H3;2*1-2H3. The molecule has 0 heterocycles. The van der Waals surface area contributed by atoms with E-state index in [1.807, 2.05) is 34.6 Å². The summed E-state index contributed by atoms with van der Waals surface area (Å²) >= 11 is 0. The van der Waals surface area contributed by atoms with Crippen LogP contribution in [0.4, 0.5) is 13.2 Å². The van der Waals surface area contributed by atoms with E-state index in [0.29, 0.717) is 6.54 Å².